The smallest absolute Gasteiger partial charge is 0.0468 e. The van der Waals surface area contributed by atoms with Crippen LogP contribution in [0.15, 0.2) is 97.1 Å². The predicted molar refractivity (Wildman–Crippen MR) is 228 cm³/mol. The Hall–Kier alpha value is -4.62. The molecule has 1 nitrogen and oxygen atoms in total. The number of anilines is 3. The molecule has 1 heteroatoms. The zero-order valence-corrected chi connectivity index (χ0v) is 34.2. The molecule has 268 valence electrons. The summed E-state index contributed by atoms with van der Waals surface area (Å²) >= 11 is 0. The summed E-state index contributed by atoms with van der Waals surface area (Å²) in [5.41, 5.74) is 22.0. The zero-order chi connectivity index (χ0) is 37.8. The summed E-state index contributed by atoms with van der Waals surface area (Å²) in [7, 11) is 0. The molecule has 0 atom stereocenters. The van der Waals surface area contributed by atoms with E-state index in [1.54, 1.807) is 0 Å². The van der Waals surface area contributed by atoms with E-state index in [9.17, 15) is 0 Å². The van der Waals surface area contributed by atoms with Crippen molar-refractivity contribution < 1.29 is 0 Å². The van der Waals surface area contributed by atoms with Crippen LogP contribution in [0.3, 0.4) is 0 Å². The molecule has 0 unspecified atom stereocenters. The van der Waals surface area contributed by atoms with Gasteiger partial charge >= 0.3 is 0 Å². The van der Waals surface area contributed by atoms with E-state index in [1.807, 2.05) is 0 Å². The summed E-state index contributed by atoms with van der Waals surface area (Å²) in [5.74, 6) is 0. The van der Waals surface area contributed by atoms with Crippen molar-refractivity contribution in [2.75, 3.05) is 4.90 Å². The maximum absolute atomic E-state index is 2.55. The molecule has 0 heterocycles. The number of hydrogen-bond donors (Lipinski definition) is 0. The highest BCUT2D eigenvalue weighted by Crippen LogP contribution is 2.66. The molecule has 3 aliphatic rings. The first kappa shape index (κ1) is 34.2. The van der Waals surface area contributed by atoms with Crippen molar-refractivity contribution in [2.45, 2.75) is 117 Å². The predicted octanol–water partition coefficient (Wildman–Crippen LogP) is 14.5. The van der Waals surface area contributed by atoms with Crippen molar-refractivity contribution in [3.8, 4) is 22.3 Å². The Morgan fingerprint density at radius 1 is 0.453 bits per heavy atom. The maximum Gasteiger partial charge on any atom is 0.0468 e. The van der Waals surface area contributed by atoms with E-state index in [4.69, 9.17) is 0 Å². The van der Waals surface area contributed by atoms with Crippen LogP contribution in [0, 0.1) is 6.92 Å². The zero-order valence-electron chi connectivity index (χ0n) is 34.2. The minimum atomic E-state index is -0.201. The topological polar surface area (TPSA) is 3.24 Å². The van der Waals surface area contributed by atoms with Crippen molar-refractivity contribution in [1.82, 2.24) is 0 Å². The van der Waals surface area contributed by atoms with Crippen LogP contribution in [0.5, 0.6) is 0 Å². The first-order valence-electron chi connectivity index (χ1n) is 19.7. The highest BCUT2D eigenvalue weighted by atomic mass is 15.1. The number of rotatable bonds is 3. The molecule has 9 rings (SSSR count). The van der Waals surface area contributed by atoms with Crippen LogP contribution in [0.2, 0.25) is 0 Å². The lowest BCUT2D eigenvalue weighted by Crippen LogP contribution is -2.25. The summed E-state index contributed by atoms with van der Waals surface area (Å²) < 4.78 is 0. The van der Waals surface area contributed by atoms with E-state index in [0.717, 1.165) is 0 Å². The van der Waals surface area contributed by atoms with Gasteiger partial charge in [0, 0.05) is 33.3 Å². The van der Waals surface area contributed by atoms with Crippen molar-refractivity contribution >= 4 is 27.8 Å². The lowest BCUT2D eigenvalue weighted by molar-refractivity contribution is 0.590. The molecule has 0 aliphatic heterocycles. The van der Waals surface area contributed by atoms with Gasteiger partial charge in [0.25, 0.3) is 0 Å². The first-order valence-corrected chi connectivity index (χ1v) is 19.7. The third kappa shape index (κ3) is 4.55. The van der Waals surface area contributed by atoms with Gasteiger partial charge in [-0.2, -0.15) is 0 Å². The summed E-state index contributed by atoms with van der Waals surface area (Å²) in [6.07, 6.45) is 0. The largest absolute Gasteiger partial charge is 0.310 e. The van der Waals surface area contributed by atoms with Gasteiger partial charge in [-0.05, 0) is 132 Å². The van der Waals surface area contributed by atoms with E-state index in [-0.39, 0.29) is 27.1 Å². The second-order valence-electron chi connectivity index (χ2n) is 20.0. The van der Waals surface area contributed by atoms with Gasteiger partial charge in [0.2, 0.25) is 0 Å². The van der Waals surface area contributed by atoms with Crippen LogP contribution >= 0.6 is 0 Å². The Morgan fingerprint density at radius 3 is 1.51 bits per heavy atom. The average Bonchev–Trinajstić information content (AvgIpc) is 3.46. The molecule has 0 N–H and O–H groups in total. The first-order chi connectivity index (χ1) is 24.7. The van der Waals surface area contributed by atoms with E-state index in [2.05, 4.69) is 192 Å². The van der Waals surface area contributed by atoms with Crippen molar-refractivity contribution in [3.05, 3.63) is 147 Å². The molecule has 0 saturated heterocycles. The molecular weight excluding hydrogens is 639 g/mol. The average molecular weight is 694 g/mol. The standard InChI is InChI=1S/C52H55N/c1-30-17-26-36-39(27-30)51(10,11)46-42(36)37-15-14-16-38-43(37)45-44-40(50(38,8)9)28-35(29-41(44)52(12,13)47(45)46)53(33-22-18-31(19-23-33)48(2,3)4)34-24-20-32(21-25-34)49(5,6)7/h14-29H,1-13H3. The molecule has 0 spiro atoms. The lowest BCUT2D eigenvalue weighted by atomic mass is 9.67. The SMILES string of the molecule is Cc1ccc2c(c1)C(C)(C)c1c3c4c5c(cccc5c1-2)C(C)(C)c1cc(N(c2ccc(C(C)(C)C)cc2)c2ccc(C(C)(C)C)cc2)cc(c1-4)C3(C)C. The van der Waals surface area contributed by atoms with Gasteiger partial charge in [-0.15, -0.1) is 0 Å². The quantitative estimate of drug-likeness (QED) is 0.178. The fourth-order valence-electron chi connectivity index (χ4n) is 10.3. The summed E-state index contributed by atoms with van der Waals surface area (Å²) in [5, 5.41) is 2.88. The van der Waals surface area contributed by atoms with Crippen LogP contribution in [0.1, 0.15) is 133 Å². The van der Waals surface area contributed by atoms with Gasteiger partial charge in [0.1, 0.15) is 0 Å². The highest BCUT2D eigenvalue weighted by Gasteiger charge is 2.51. The highest BCUT2D eigenvalue weighted by molar-refractivity contribution is 6.16. The van der Waals surface area contributed by atoms with Crippen molar-refractivity contribution in [2.24, 2.45) is 0 Å². The summed E-state index contributed by atoms with van der Waals surface area (Å²) in [6, 6.07) is 38.0. The number of aryl methyl sites for hydroxylation is 1. The third-order valence-electron chi connectivity index (χ3n) is 13.3. The van der Waals surface area contributed by atoms with Gasteiger partial charge in [-0.25, -0.2) is 0 Å². The second kappa shape index (κ2) is 10.5. The minimum Gasteiger partial charge on any atom is -0.310 e. The fourth-order valence-corrected chi connectivity index (χ4v) is 10.3. The molecular formula is C52H55N. The Labute approximate surface area is 318 Å². The Bertz CT molecular complexity index is 2460. The molecule has 0 saturated carbocycles. The van der Waals surface area contributed by atoms with Crippen molar-refractivity contribution in [3.63, 3.8) is 0 Å². The maximum atomic E-state index is 2.55. The van der Waals surface area contributed by atoms with Crippen LogP contribution in [-0.4, -0.2) is 0 Å². The van der Waals surface area contributed by atoms with Gasteiger partial charge in [-0.1, -0.05) is 149 Å². The molecule has 0 radical (unpaired) electrons. The van der Waals surface area contributed by atoms with Gasteiger partial charge in [-0.3, -0.25) is 0 Å². The lowest BCUT2D eigenvalue weighted by Gasteiger charge is -2.37. The second-order valence-corrected chi connectivity index (χ2v) is 20.0. The van der Waals surface area contributed by atoms with Crippen LogP contribution in [-0.2, 0) is 27.1 Å². The Balaban J connectivity index is 1.35. The van der Waals surface area contributed by atoms with E-state index >= 15 is 0 Å². The minimum absolute atomic E-state index is 0.0837. The van der Waals surface area contributed by atoms with Crippen LogP contribution < -0.4 is 4.90 Å². The van der Waals surface area contributed by atoms with Gasteiger partial charge < -0.3 is 4.90 Å². The Kier molecular flexibility index (Phi) is 6.79. The number of benzene rings is 6. The number of fused-ring (bicyclic) bond motifs is 5. The molecule has 0 fully saturated rings. The van der Waals surface area contributed by atoms with E-state index < -0.39 is 0 Å². The molecule has 53 heavy (non-hydrogen) atoms. The molecule has 0 amide bonds. The molecule has 6 aromatic rings. The fraction of sp³-hybridized carbons (Fsp3) is 0.346. The molecule has 0 aromatic heterocycles. The van der Waals surface area contributed by atoms with Crippen molar-refractivity contribution in [1.29, 1.82) is 0 Å². The summed E-state index contributed by atoms with van der Waals surface area (Å²) in [6.45, 7) is 30.9. The Morgan fingerprint density at radius 2 is 0.962 bits per heavy atom. The molecule has 0 bridgehead atoms. The monoisotopic (exact) mass is 693 g/mol. The normalized spacial score (nSPS) is 16.8. The van der Waals surface area contributed by atoms with E-state index in [1.165, 1.54) is 100 Å². The number of hydrogen-bond acceptors (Lipinski definition) is 1. The summed E-state index contributed by atoms with van der Waals surface area (Å²) in [4.78, 5) is 2.51. The van der Waals surface area contributed by atoms with E-state index in [0.29, 0.717) is 0 Å². The van der Waals surface area contributed by atoms with Crippen LogP contribution in [0.4, 0.5) is 17.1 Å². The van der Waals surface area contributed by atoms with Gasteiger partial charge in [0.05, 0.1) is 0 Å². The van der Waals surface area contributed by atoms with Gasteiger partial charge in [0.15, 0.2) is 0 Å². The molecule has 6 aromatic carbocycles. The molecule has 3 aliphatic carbocycles. The van der Waals surface area contributed by atoms with Crippen LogP contribution in [0.25, 0.3) is 33.0 Å². The number of nitrogens with zero attached hydrogens (tertiary/aromatic N) is 1. The third-order valence-corrected chi connectivity index (χ3v) is 13.3.